The maximum absolute atomic E-state index is 6.19. The molecule has 152 valence electrons. The number of thiol groups is 1. The fourth-order valence-corrected chi connectivity index (χ4v) is 3.41. The summed E-state index contributed by atoms with van der Waals surface area (Å²) in [5.74, 6) is 0.553. The Morgan fingerprint density at radius 2 is 1.36 bits per heavy atom. The van der Waals surface area contributed by atoms with Crippen LogP contribution in [-0.2, 0) is 18.6 Å². The second-order valence-corrected chi connectivity index (χ2v) is 10.0. The fourth-order valence-electron chi connectivity index (χ4n) is 3.17. The van der Waals surface area contributed by atoms with Crippen molar-refractivity contribution in [3.63, 3.8) is 0 Å². The average Bonchev–Trinajstić information content (AvgIpc) is 2.92. The van der Waals surface area contributed by atoms with Crippen LogP contribution in [0.5, 0.6) is 0 Å². The highest BCUT2D eigenvalue weighted by atomic mass is 32.1. The molecule has 28 heavy (non-hydrogen) atoms. The van der Waals surface area contributed by atoms with Crippen LogP contribution < -0.4 is 5.46 Å². The van der Waals surface area contributed by atoms with E-state index >= 15 is 0 Å². The highest BCUT2D eigenvalue weighted by molar-refractivity contribution is 7.80. The highest BCUT2D eigenvalue weighted by Gasteiger charge is 2.53. The summed E-state index contributed by atoms with van der Waals surface area (Å²) in [6.45, 7) is 16.5. The number of hydrogen-bond acceptors (Lipinski definition) is 5. The smallest absolute Gasteiger partial charge is 0.400 e. The van der Waals surface area contributed by atoms with Gasteiger partial charge in [-0.3, -0.25) is 0 Å². The molecule has 7 heteroatoms. The van der Waals surface area contributed by atoms with Crippen LogP contribution in [0.1, 0.15) is 61.0 Å². The Balaban J connectivity index is 1.84. The molecule has 0 aliphatic carbocycles. The summed E-state index contributed by atoms with van der Waals surface area (Å²) in [6, 6.07) is 8.21. The predicted molar refractivity (Wildman–Crippen MR) is 120 cm³/mol. The second-order valence-electron chi connectivity index (χ2n) is 9.72. The molecule has 0 saturated carbocycles. The number of hydrogen-bond donors (Lipinski definition) is 1. The summed E-state index contributed by atoms with van der Waals surface area (Å²) in [4.78, 5) is 0. The molecule has 0 aromatic heterocycles. The predicted octanol–water partition coefficient (Wildman–Crippen LogP) is 3.93. The zero-order chi connectivity index (χ0) is 21.0. The summed E-state index contributed by atoms with van der Waals surface area (Å²) in [5.41, 5.74) is 1.58. The van der Waals surface area contributed by atoms with Gasteiger partial charge in [0.1, 0.15) is 0 Å². The third-order valence-electron chi connectivity index (χ3n) is 6.53. The van der Waals surface area contributed by atoms with Crippen molar-refractivity contribution >= 4 is 38.4 Å². The van der Waals surface area contributed by atoms with E-state index in [0.717, 1.165) is 16.5 Å². The van der Waals surface area contributed by atoms with E-state index in [0.29, 0.717) is 5.75 Å². The minimum Gasteiger partial charge on any atom is -0.400 e. The molecule has 0 unspecified atom stereocenters. The summed E-state index contributed by atoms with van der Waals surface area (Å²) >= 11 is 4.52. The quantitative estimate of drug-likeness (QED) is 0.612. The molecule has 2 fully saturated rings. The minimum absolute atomic E-state index is 0.359. The van der Waals surface area contributed by atoms with Gasteiger partial charge in [0.15, 0.2) is 0 Å². The van der Waals surface area contributed by atoms with E-state index in [-0.39, 0.29) is 29.5 Å². The van der Waals surface area contributed by atoms with Crippen molar-refractivity contribution in [2.24, 2.45) is 0 Å². The molecule has 0 amide bonds. The van der Waals surface area contributed by atoms with Gasteiger partial charge in [-0.1, -0.05) is 30.3 Å². The van der Waals surface area contributed by atoms with E-state index in [1.54, 1.807) is 0 Å². The lowest BCUT2D eigenvalue weighted by atomic mass is 9.76. The zero-order valence-electron chi connectivity index (χ0n) is 18.3. The van der Waals surface area contributed by atoms with E-state index in [2.05, 4.69) is 86.2 Å². The van der Waals surface area contributed by atoms with Crippen molar-refractivity contribution in [1.29, 1.82) is 0 Å². The van der Waals surface area contributed by atoms with Crippen molar-refractivity contribution in [3.8, 4) is 0 Å². The molecule has 4 nitrogen and oxygen atoms in total. The lowest BCUT2D eigenvalue weighted by Gasteiger charge is -2.32. The van der Waals surface area contributed by atoms with Gasteiger partial charge >= 0.3 is 14.2 Å². The van der Waals surface area contributed by atoms with Gasteiger partial charge in [0.25, 0.3) is 0 Å². The van der Waals surface area contributed by atoms with E-state index in [9.17, 15) is 0 Å². The summed E-state index contributed by atoms with van der Waals surface area (Å²) in [5, 5.41) is 0. The first-order valence-electron chi connectivity index (χ1n) is 9.91. The van der Waals surface area contributed by atoms with Gasteiger partial charge in [0.2, 0.25) is 0 Å². The van der Waals surface area contributed by atoms with E-state index in [4.69, 9.17) is 18.6 Å². The van der Waals surface area contributed by atoms with Gasteiger partial charge in [-0.25, -0.2) is 0 Å². The van der Waals surface area contributed by atoms with Gasteiger partial charge in [0, 0.05) is 5.75 Å². The molecule has 0 atom stereocenters. The second kappa shape index (κ2) is 7.21. The molecular weight excluding hydrogens is 370 g/mol. The fraction of sp³-hybridized carbons (Fsp3) is 0.619. The van der Waals surface area contributed by atoms with Crippen LogP contribution in [0.4, 0.5) is 0 Å². The highest BCUT2D eigenvalue weighted by Crippen LogP contribution is 2.39. The SMILES string of the molecule is CC1(C)OB(C(=Cc2cccc(B3OC(C)(C)C(C)(C)O3)c2)CS)OC1(C)C. The van der Waals surface area contributed by atoms with E-state index in [1.807, 2.05) is 12.1 Å². The lowest BCUT2D eigenvalue weighted by Crippen LogP contribution is -2.41. The molecule has 1 aromatic rings. The van der Waals surface area contributed by atoms with Crippen molar-refractivity contribution in [2.75, 3.05) is 5.75 Å². The van der Waals surface area contributed by atoms with Crippen molar-refractivity contribution < 1.29 is 18.6 Å². The topological polar surface area (TPSA) is 36.9 Å². The Bertz CT molecular complexity index is 741. The van der Waals surface area contributed by atoms with Gasteiger partial charge < -0.3 is 18.6 Å². The number of rotatable bonds is 4. The third-order valence-corrected chi connectivity index (χ3v) is 6.89. The normalized spacial score (nSPS) is 25.4. The number of benzene rings is 1. The largest absolute Gasteiger partial charge is 0.494 e. The monoisotopic (exact) mass is 402 g/mol. The van der Waals surface area contributed by atoms with Crippen LogP contribution >= 0.6 is 12.6 Å². The van der Waals surface area contributed by atoms with Crippen molar-refractivity contribution in [3.05, 3.63) is 35.3 Å². The standard InChI is InChI=1S/C21H32B2O4S/c1-18(2)19(3,4)25-22(24-18)16-11-9-10-15(12-16)13-17(14-28)23-26-20(5,6)21(7,8)27-23/h9-13,28H,14H2,1-8H3. The van der Waals surface area contributed by atoms with E-state index in [1.165, 1.54) is 0 Å². The van der Waals surface area contributed by atoms with Gasteiger partial charge in [-0.15, -0.1) is 0 Å². The lowest BCUT2D eigenvalue weighted by molar-refractivity contribution is 0.00578. The molecule has 0 spiro atoms. The molecular formula is C21H32B2O4S. The Kier molecular flexibility index (Phi) is 5.66. The molecule has 0 bridgehead atoms. The Hall–Kier alpha value is -0.720. The van der Waals surface area contributed by atoms with Crippen LogP contribution in [0.25, 0.3) is 6.08 Å². The van der Waals surface area contributed by atoms with Crippen LogP contribution in [0.3, 0.4) is 0 Å². The summed E-state index contributed by atoms with van der Waals surface area (Å²) in [7, 11) is -0.780. The maximum Gasteiger partial charge on any atom is 0.494 e. The van der Waals surface area contributed by atoms with Gasteiger partial charge in [-0.2, -0.15) is 12.6 Å². The average molecular weight is 402 g/mol. The minimum atomic E-state index is -0.400. The third kappa shape index (κ3) is 3.97. The van der Waals surface area contributed by atoms with Gasteiger partial charge in [-0.05, 0) is 71.9 Å². The summed E-state index contributed by atoms with van der Waals surface area (Å²) in [6.07, 6.45) is 2.09. The maximum atomic E-state index is 6.19. The molecule has 2 saturated heterocycles. The molecule has 0 N–H and O–H groups in total. The molecule has 0 radical (unpaired) electrons. The molecule has 3 rings (SSSR count). The molecule has 1 aromatic carbocycles. The van der Waals surface area contributed by atoms with Crippen molar-refractivity contribution in [1.82, 2.24) is 0 Å². The Morgan fingerprint density at radius 1 is 0.857 bits per heavy atom. The van der Waals surface area contributed by atoms with Crippen LogP contribution in [0.15, 0.2) is 29.7 Å². The Morgan fingerprint density at radius 3 is 1.86 bits per heavy atom. The first kappa shape index (κ1) is 22.0. The molecule has 2 aliphatic heterocycles. The first-order valence-corrected chi connectivity index (χ1v) is 10.5. The van der Waals surface area contributed by atoms with Crippen molar-refractivity contribution in [2.45, 2.75) is 77.8 Å². The molecule has 2 aliphatic rings. The van der Waals surface area contributed by atoms with Crippen LogP contribution in [0, 0.1) is 0 Å². The van der Waals surface area contributed by atoms with Crippen LogP contribution in [-0.4, -0.2) is 42.4 Å². The van der Waals surface area contributed by atoms with E-state index < -0.39 is 7.12 Å². The Labute approximate surface area is 176 Å². The summed E-state index contributed by atoms with van der Waals surface area (Å²) < 4.78 is 24.7. The van der Waals surface area contributed by atoms with Crippen LogP contribution in [0.2, 0.25) is 0 Å². The zero-order valence-corrected chi connectivity index (χ0v) is 19.2. The molecule has 2 heterocycles. The van der Waals surface area contributed by atoms with Gasteiger partial charge in [0.05, 0.1) is 22.4 Å². The first-order chi connectivity index (χ1) is 12.8.